The molecule has 28 heavy (non-hydrogen) atoms. The van der Waals surface area contributed by atoms with E-state index in [1.54, 1.807) is 18.4 Å². The van der Waals surface area contributed by atoms with Crippen LogP contribution < -0.4 is 14.8 Å². The van der Waals surface area contributed by atoms with E-state index < -0.39 is 0 Å². The molecule has 146 valence electrons. The van der Waals surface area contributed by atoms with Crippen LogP contribution in [0.1, 0.15) is 18.5 Å². The van der Waals surface area contributed by atoms with Crippen LogP contribution in [-0.2, 0) is 11.2 Å². The third kappa shape index (κ3) is 5.82. The van der Waals surface area contributed by atoms with Crippen molar-refractivity contribution in [2.45, 2.75) is 19.3 Å². The molecule has 0 radical (unpaired) electrons. The lowest BCUT2D eigenvalue weighted by Gasteiger charge is -2.06. The molecule has 1 amide bonds. The zero-order valence-corrected chi connectivity index (χ0v) is 16.7. The highest BCUT2D eigenvalue weighted by atomic mass is 32.1. The molecular formula is C22H24N2O3S. The summed E-state index contributed by atoms with van der Waals surface area (Å²) in [7, 11) is 1.66. The maximum Gasteiger partial charge on any atom is 0.220 e. The van der Waals surface area contributed by atoms with E-state index in [0.717, 1.165) is 27.8 Å². The number of rotatable bonds is 10. The van der Waals surface area contributed by atoms with E-state index in [1.807, 2.05) is 60.0 Å². The van der Waals surface area contributed by atoms with Gasteiger partial charge in [-0.25, -0.2) is 4.98 Å². The molecule has 2 aromatic carbocycles. The van der Waals surface area contributed by atoms with Crippen molar-refractivity contribution in [2.75, 3.05) is 20.3 Å². The van der Waals surface area contributed by atoms with Crippen molar-refractivity contribution in [1.82, 2.24) is 10.3 Å². The number of hydrogen-bond acceptors (Lipinski definition) is 5. The van der Waals surface area contributed by atoms with Crippen LogP contribution in [0.5, 0.6) is 11.5 Å². The monoisotopic (exact) mass is 396 g/mol. The van der Waals surface area contributed by atoms with Crippen LogP contribution in [0.15, 0.2) is 60.0 Å². The first-order valence-electron chi connectivity index (χ1n) is 9.28. The molecule has 1 aromatic heterocycles. The van der Waals surface area contributed by atoms with E-state index in [4.69, 9.17) is 9.47 Å². The number of amides is 1. The van der Waals surface area contributed by atoms with Gasteiger partial charge < -0.3 is 14.8 Å². The Kier molecular flexibility index (Phi) is 7.44. The Balaban J connectivity index is 1.37. The number of ether oxygens (including phenoxy) is 2. The van der Waals surface area contributed by atoms with Gasteiger partial charge in [0.15, 0.2) is 0 Å². The summed E-state index contributed by atoms with van der Waals surface area (Å²) in [5.41, 5.74) is 1.96. The van der Waals surface area contributed by atoms with Gasteiger partial charge in [-0.1, -0.05) is 30.3 Å². The predicted octanol–water partition coefficient (Wildman–Crippen LogP) is 4.34. The number of carbonyl (C=O) groups is 1. The third-order valence-corrected chi connectivity index (χ3v) is 5.08. The van der Waals surface area contributed by atoms with Crippen molar-refractivity contribution >= 4 is 17.2 Å². The summed E-state index contributed by atoms with van der Waals surface area (Å²) in [6.45, 7) is 1.11. The van der Waals surface area contributed by atoms with E-state index in [9.17, 15) is 4.79 Å². The fraction of sp³-hybridized carbons (Fsp3) is 0.273. The number of nitrogens with one attached hydrogen (secondary N) is 1. The second kappa shape index (κ2) is 10.5. The largest absolute Gasteiger partial charge is 0.496 e. The van der Waals surface area contributed by atoms with E-state index in [-0.39, 0.29) is 5.91 Å². The number of carbonyl (C=O) groups excluding carboxylic acids is 1. The standard InChI is InChI=1S/C22H24N2O3S/c1-26-20-11-6-5-10-19(20)22-24-17(16-28-22)13-14-23-21(25)12-7-15-27-18-8-3-2-4-9-18/h2-6,8-11,16H,7,12-15H2,1H3,(H,23,25). The van der Waals surface area contributed by atoms with Crippen LogP contribution in [0, 0.1) is 0 Å². The van der Waals surface area contributed by atoms with Gasteiger partial charge >= 0.3 is 0 Å². The molecule has 0 bridgehead atoms. The van der Waals surface area contributed by atoms with Crippen LogP contribution in [0.25, 0.3) is 10.6 Å². The zero-order valence-electron chi connectivity index (χ0n) is 15.9. The minimum atomic E-state index is 0.0387. The summed E-state index contributed by atoms with van der Waals surface area (Å²) in [5.74, 6) is 1.68. The molecular weight excluding hydrogens is 372 g/mol. The minimum absolute atomic E-state index is 0.0387. The smallest absolute Gasteiger partial charge is 0.220 e. The second-order valence-corrected chi connectivity index (χ2v) is 7.07. The minimum Gasteiger partial charge on any atom is -0.496 e. The summed E-state index contributed by atoms with van der Waals surface area (Å²) in [6, 6.07) is 17.5. The van der Waals surface area contributed by atoms with Crippen molar-refractivity contribution in [3.63, 3.8) is 0 Å². The van der Waals surface area contributed by atoms with Crippen molar-refractivity contribution in [3.05, 3.63) is 65.7 Å². The number of thiazole rings is 1. The van der Waals surface area contributed by atoms with Crippen LogP contribution >= 0.6 is 11.3 Å². The number of methoxy groups -OCH3 is 1. The molecule has 0 saturated carbocycles. The van der Waals surface area contributed by atoms with Crippen molar-refractivity contribution in [2.24, 2.45) is 0 Å². The molecule has 0 aliphatic rings. The Bertz CT molecular complexity index is 880. The lowest BCUT2D eigenvalue weighted by atomic mass is 10.2. The van der Waals surface area contributed by atoms with Crippen molar-refractivity contribution in [3.8, 4) is 22.1 Å². The molecule has 0 unspecified atom stereocenters. The van der Waals surface area contributed by atoms with Gasteiger partial charge in [0, 0.05) is 24.8 Å². The molecule has 0 aliphatic carbocycles. The van der Waals surface area contributed by atoms with Gasteiger partial charge in [-0.3, -0.25) is 4.79 Å². The summed E-state index contributed by atoms with van der Waals surface area (Å²) in [5, 5.41) is 5.90. The number of nitrogens with zero attached hydrogens (tertiary/aromatic N) is 1. The number of benzene rings is 2. The molecule has 0 saturated heterocycles. The van der Waals surface area contributed by atoms with Gasteiger partial charge in [0.2, 0.25) is 5.91 Å². The third-order valence-electron chi connectivity index (χ3n) is 4.15. The summed E-state index contributed by atoms with van der Waals surface area (Å²) >= 11 is 1.59. The SMILES string of the molecule is COc1ccccc1-c1nc(CCNC(=O)CCCOc2ccccc2)cs1. The second-order valence-electron chi connectivity index (χ2n) is 6.21. The van der Waals surface area contributed by atoms with Crippen LogP contribution in [-0.4, -0.2) is 31.2 Å². The van der Waals surface area contributed by atoms with Crippen LogP contribution in [0.2, 0.25) is 0 Å². The van der Waals surface area contributed by atoms with Gasteiger partial charge in [-0.2, -0.15) is 0 Å². The molecule has 0 fully saturated rings. The van der Waals surface area contributed by atoms with Gasteiger partial charge in [-0.15, -0.1) is 11.3 Å². The normalized spacial score (nSPS) is 10.5. The van der Waals surface area contributed by atoms with E-state index >= 15 is 0 Å². The Morgan fingerprint density at radius 2 is 1.89 bits per heavy atom. The van der Waals surface area contributed by atoms with E-state index in [2.05, 4.69) is 10.3 Å². The number of aromatic nitrogens is 1. The van der Waals surface area contributed by atoms with Crippen LogP contribution in [0.3, 0.4) is 0 Å². The van der Waals surface area contributed by atoms with Gasteiger partial charge in [-0.05, 0) is 30.7 Å². The fourth-order valence-corrected chi connectivity index (χ4v) is 3.61. The van der Waals surface area contributed by atoms with Crippen molar-refractivity contribution in [1.29, 1.82) is 0 Å². The molecule has 1 heterocycles. The van der Waals surface area contributed by atoms with E-state index in [1.165, 1.54) is 0 Å². The Morgan fingerprint density at radius 3 is 2.71 bits per heavy atom. The molecule has 5 nitrogen and oxygen atoms in total. The number of para-hydroxylation sites is 2. The summed E-state index contributed by atoms with van der Waals surface area (Å²) < 4.78 is 11.0. The van der Waals surface area contributed by atoms with Gasteiger partial charge in [0.1, 0.15) is 16.5 Å². The van der Waals surface area contributed by atoms with Gasteiger partial charge in [0.25, 0.3) is 0 Å². The maximum absolute atomic E-state index is 12.0. The molecule has 0 aliphatic heterocycles. The molecule has 3 rings (SSSR count). The lowest BCUT2D eigenvalue weighted by Crippen LogP contribution is -2.25. The van der Waals surface area contributed by atoms with Gasteiger partial charge in [0.05, 0.1) is 25.0 Å². The quantitative estimate of drug-likeness (QED) is 0.518. The molecule has 3 aromatic rings. The summed E-state index contributed by atoms with van der Waals surface area (Å²) in [6.07, 6.45) is 1.85. The average Bonchev–Trinajstić information content (AvgIpc) is 3.20. The molecule has 0 atom stereocenters. The maximum atomic E-state index is 12.0. The summed E-state index contributed by atoms with van der Waals surface area (Å²) in [4.78, 5) is 16.6. The molecule has 1 N–H and O–H groups in total. The fourth-order valence-electron chi connectivity index (χ4n) is 2.72. The Labute approximate surface area is 169 Å². The highest BCUT2D eigenvalue weighted by Crippen LogP contribution is 2.31. The first-order valence-corrected chi connectivity index (χ1v) is 10.2. The highest BCUT2D eigenvalue weighted by molar-refractivity contribution is 7.13. The number of hydrogen-bond donors (Lipinski definition) is 1. The van der Waals surface area contributed by atoms with Crippen LogP contribution in [0.4, 0.5) is 0 Å². The topological polar surface area (TPSA) is 60.5 Å². The zero-order chi connectivity index (χ0) is 19.6. The van der Waals surface area contributed by atoms with Crippen molar-refractivity contribution < 1.29 is 14.3 Å². The molecule has 0 spiro atoms. The lowest BCUT2D eigenvalue weighted by molar-refractivity contribution is -0.121. The Morgan fingerprint density at radius 1 is 1.11 bits per heavy atom. The first kappa shape index (κ1) is 19.9. The predicted molar refractivity (Wildman–Crippen MR) is 112 cm³/mol. The average molecular weight is 397 g/mol. The highest BCUT2D eigenvalue weighted by Gasteiger charge is 2.10. The molecule has 6 heteroatoms. The van der Waals surface area contributed by atoms with E-state index in [0.29, 0.717) is 32.4 Å². The Hall–Kier alpha value is -2.86. The first-order chi connectivity index (χ1) is 13.8.